The molecule has 20 heavy (non-hydrogen) atoms. The van der Waals surface area contributed by atoms with Gasteiger partial charge in [-0.1, -0.05) is 0 Å². The zero-order valence-electron chi connectivity index (χ0n) is 12.2. The first-order valence-electron chi connectivity index (χ1n) is 6.91. The Morgan fingerprint density at radius 1 is 1.55 bits per heavy atom. The summed E-state index contributed by atoms with van der Waals surface area (Å²) in [6.45, 7) is 4.70. The molecule has 2 rings (SSSR count). The van der Waals surface area contributed by atoms with Gasteiger partial charge in [0, 0.05) is 19.8 Å². The Bertz CT molecular complexity index is 487. The average molecular weight is 279 g/mol. The number of ether oxygens (including phenoxy) is 1. The zero-order chi connectivity index (χ0) is 14.7. The van der Waals surface area contributed by atoms with Crippen LogP contribution in [0.2, 0.25) is 0 Å². The van der Waals surface area contributed by atoms with E-state index in [-0.39, 0.29) is 12.1 Å². The number of carbonyl (C=O) groups is 1. The number of carbonyl (C=O) groups excluding carboxylic acids is 1. The van der Waals surface area contributed by atoms with Gasteiger partial charge in [0.2, 0.25) is 5.95 Å². The Kier molecular flexibility index (Phi) is 4.54. The van der Waals surface area contributed by atoms with Crippen molar-refractivity contribution < 1.29 is 14.6 Å². The molecular formula is C14H21N3O3. The van der Waals surface area contributed by atoms with Crippen LogP contribution in [0, 0.1) is 12.8 Å². The molecule has 0 spiro atoms. The fraction of sp³-hybridized carbons (Fsp3) is 0.643. The molecule has 6 nitrogen and oxygen atoms in total. The first-order chi connectivity index (χ1) is 9.51. The van der Waals surface area contributed by atoms with Crippen LogP contribution in [0.15, 0.2) is 6.20 Å². The van der Waals surface area contributed by atoms with E-state index in [0.717, 1.165) is 19.4 Å². The van der Waals surface area contributed by atoms with E-state index in [1.54, 1.807) is 13.8 Å². The van der Waals surface area contributed by atoms with Gasteiger partial charge in [0.05, 0.1) is 24.0 Å². The number of esters is 1. The maximum Gasteiger partial charge on any atom is 0.341 e. The van der Waals surface area contributed by atoms with E-state index in [4.69, 9.17) is 4.74 Å². The highest BCUT2D eigenvalue weighted by atomic mass is 16.5. The predicted octanol–water partition coefficient (Wildman–Crippen LogP) is 1.17. The first kappa shape index (κ1) is 14.7. The molecular weight excluding hydrogens is 258 g/mol. The molecule has 0 aromatic carbocycles. The minimum Gasteiger partial charge on any atom is -0.462 e. The van der Waals surface area contributed by atoms with Crippen LogP contribution in [0.4, 0.5) is 5.95 Å². The zero-order valence-corrected chi connectivity index (χ0v) is 12.2. The van der Waals surface area contributed by atoms with E-state index in [1.165, 1.54) is 6.20 Å². The SMILES string of the molecule is CCOC(=O)c1cnc(N(C)CC2CC(O)C2)nc1C. The summed E-state index contributed by atoms with van der Waals surface area (Å²) in [5, 5.41) is 9.29. The Balaban J connectivity index is 2.02. The molecule has 1 fully saturated rings. The minimum absolute atomic E-state index is 0.151. The molecule has 0 aliphatic heterocycles. The van der Waals surface area contributed by atoms with E-state index < -0.39 is 0 Å². The standard InChI is InChI=1S/C14H21N3O3/c1-4-20-13(19)12-7-15-14(16-9(12)2)17(3)8-10-5-11(18)6-10/h7,10-11,18H,4-6,8H2,1-3H3. The second kappa shape index (κ2) is 6.17. The summed E-state index contributed by atoms with van der Waals surface area (Å²) in [7, 11) is 1.92. The van der Waals surface area contributed by atoms with Crippen LogP contribution in [-0.2, 0) is 4.74 Å². The van der Waals surface area contributed by atoms with E-state index in [1.807, 2.05) is 11.9 Å². The number of hydrogen-bond acceptors (Lipinski definition) is 6. The Morgan fingerprint density at radius 2 is 2.25 bits per heavy atom. The minimum atomic E-state index is -0.388. The molecule has 0 radical (unpaired) electrons. The molecule has 1 saturated carbocycles. The third kappa shape index (κ3) is 3.25. The number of aliphatic hydroxyl groups excluding tert-OH is 1. The van der Waals surface area contributed by atoms with Gasteiger partial charge in [-0.25, -0.2) is 14.8 Å². The van der Waals surface area contributed by atoms with Gasteiger partial charge in [-0.05, 0) is 32.6 Å². The molecule has 0 saturated heterocycles. The molecule has 6 heteroatoms. The molecule has 1 heterocycles. The van der Waals surface area contributed by atoms with Crippen LogP contribution in [0.5, 0.6) is 0 Å². The lowest BCUT2D eigenvalue weighted by Gasteiger charge is -2.34. The predicted molar refractivity (Wildman–Crippen MR) is 74.7 cm³/mol. The summed E-state index contributed by atoms with van der Waals surface area (Å²) in [6, 6.07) is 0. The highest BCUT2D eigenvalue weighted by Crippen LogP contribution is 2.28. The lowest BCUT2D eigenvalue weighted by atomic mass is 9.82. The van der Waals surface area contributed by atoms with Gasteiger partial charge in [-0.2, -0.15) is 0 Å². The number of aliphatic hydroxyl groups is 1. The highest BCUT2D eigenvalue weighted by molar-refractivity contribution is 5.90. The molecule has 1 aliphatic rings. The molecule has 1 aromatic rings. The molecule has 0 amide bonds. The van der Waals surface area contributed by atoms with Gasteiger partial charge >= 0.3 is 5.97 Å². The van der Waals surface area contributed by atoms with Gasteiger partial charge in [0.25, 0.3) is 0 Å². The topological polar surface area (TPSA) is 75.5 Å². The highest BCUT2D eigenvalue weighted by Gasteiger charge is 2.28. The van der Waals surface area contributed by atoms with Crippen LogP contribution in [0.3, 0.4) is 0 Å². The lowest BCUT2D eigenvalue weighted by molar-refractivity contribution is 0.0462. The Morgan fingerprint density at radius 3 is 2.80 bits per heavy atom. The smallest absolute Gasteiger partial charge is 0.341 e. The summed E-state index contributed by atoms with van der Waals surface area (Å²) in [5.74, 6) is 0.696. The Labute approximate surface area is 118 Å². The second-order valence-electron chi connectivity index (χ2n) is 5.26. The lowest BCUT2D eigenvalue weighted by Crippen LogP contribution is -2.37. The van der Waals surface area contributed by atoms with Crippen molar-refractivity contribution in [2.24, 2.45) is 5.92 Å². The summed E-state index contributed by atoms with van der Waals surface area (Å²) in [6.07, 6.45) is 3.04. The van der Waals surface area contributed by atoms with Crippen LogP contribution in [-0.4, -0.2) is 47.3 Å². The van der Waals surface area contributed by atoms with Gasteiger partial charge in [-0.15, -0.1) is 0 Å². The second-order valence-corrected chi connectivity index (χ2v) is 5.26. The average Bonchev–Trinajstić information content (AvgIpc) is 2.36. The van der Waals surface area contributed by atoms with E-state index in [9.17, 15) is 9.90 Å². The van der Waals surface area contributed by atoms with Crippen LogP contribution >= 0.6 is 0 Å². The van der Waals surface area contributed by atoms with Crippen molar-refractivity contribution in [3.05, 3.63) is 17.5 Å². The quantitative estimate of drug-likeness (QED) is 0.815. The van der Waals surface area contributed by atoms with Crippen molar-refractivity contribution in [3.63, 3.8) is 0 Å². The fourth-order valence-electron chi connectivity index (χ4n) is 2.37. The maximum absolute atomic E-state index is 11.7. The monoisotopic (exact) mass is 279 g/mol. The largest absolute Gasteiger partial charge is 0.462 e. The first-order valence-corrected chi connectivity index (χ1v) is 6.91. The number of aromatic nitrogens is 2. The van der Waals surface area contributed by atoms with E-state index >= 15 is 0 Å². The third-order valence-corrected chi connectivity index (χ3v) is 3.55. The van der Waals surface area contributed by atoms with Crippen LogP contribution < -0.4 is 4.90 Å². The van der Waals surface area contributed by atoms with Crippen molar-refractivity contribution in [2.45, 2.75) is 32.8 Å². The molecule has 0 bridgehead atoms. The fourth-order valence-corrected chi connectivity index (χ4v) is 2.37. The third-order valence-electron chi connectivity index (χ3n) is 3.55. The molecule has 0 atom stereocenters. The summed E-state index contributed by atoms with van der Waals surface area (Å²) in [4.78, 5) is 22.2. The number of anilines is 1. The normalized spacial score (nSPS) is 21.2. The van der Waals surface area contributed by atoms with E-state index in [0.29, 0.717) is 29.7 Å². The summed E-state index contributed by atoms with van der Waals surface area (Å²) in [5.41, 5.74) is 1.03. The van der Waals surface area contributed by atoms with Gasteiger partial charge in [0.15, 0.2) is 0 Å². The van der Waals surface area contributed by atoms with Gasteiger partial charge < -0.3 is 14.7 Å². The summed E-state index contributed by atoms with van der Waals surface area (Å²) < 4.78 is 4.95. The molecule has 1 aliphatic carbocycles. The number of hydrogen-bond donors (Lipinski definition) is 1. The van der Waals surface area contributed by atoms with Crippen molar-refractivity contribution in [1.29, 1.82) is 0 Å². The van der Waals surface area contributed by atoms with Gasteiger partial charge in [0.1, 0.15) is 0 Å². The molecule has 0 unspecified atom stereocenters. The molecule has 1 aromatic heterocycles. The number of aryl methyl sites for hydroxylation is 1. The van der Waals surface area contributed by atoms with Crippen molar-refractivity contribution in [2.75, 3.05) is 25.1 Å². The molecule has 1 N–H and O–H groups in total. The van der Waals surface area contributed by atoms with Gasteiger partial charge in [-0.3, -0.25) is 0 Å². The van der Waals surface area contributed by atoms with Crippen molar-refractivity contribution in [3.8, 4) is 0 Å². The number of nitrogens with zero attached hydrogens (tertiary/aromatic N) is 3. The van der Waals surface area contributed by atoms with Crippen LogP contribution in [0.1, 0.15) is 35.8 Å². The summed E-state index contributed by atoms with van der Waals surface area (Å²) >= 11 is 0. The maximum atomic E-state index is 11.7. The van der Waals surface area contributed by atoms with Crippen molar-refractivity contribution in [1.82, 2.24) is 9.97 Å². The Hall–Kier alpha value is -1.69. The molecule has 110 valence electrons. The number of rotatable bonds is 5. The van der Waals surface area contributed by atoms with Crippen molar-refractivity contribution >= 4 is 11.9 Å². The van der Waals surface area contributed by atoms with E-state index in [2.05, 4.69) is 9.97 Å². The van der Waals surface area contributed by atoms with Crippen LogP contribution in [0.25, 0.3) is 0 Å².